The number of hydrogen-bond donors (Lipinski definition) is 2. The van der Waals surface area contributed by atoms with E-state index in [4.69, 9.17) is 5.11 Å². The summed E-state index contributed by atoms with van der Waals surface area (Å²) < 4.78 is 39.4. The lowest BCUT2D eigenvalue weighted by Gasteiger charge is -2.06. The van der Waals surface area contributed by atoms with Gasteiger partial charge in [0.05, 0.1) is 5.56 Å². The van der Waals surface area contributed by atoms with E-state index in [0.29, 0.717) is 6.07 Å². The second-order valence-corrected chi connectivity index (χ2v) is 5.82. The summed E-state index contributed by atoms with van der Waals surface area (Å²) in [6.07, 6.45) is 1.64. The zero-order valence-corrected chi connectivity index (χ0v) is 11.3. The summed E-state index contributed by atoms with van der Waals surface area (Å²) in [6, 6.07) is 2.66. The molecular formula is C12H14FNO4S. The molecule has 0 saturated heterocycles. The van der Waals surface area contributed by atoms with Crippen LogP contribution in [-0.2, 0) is 10.0 Å². The maximum atomic E-state index is 13.6. The largest absolute Gasteiger partial charge is 0.478 e. The molecule has 0 heterocycles. The van der Waals surface area contributed by atoms with Crippen LogP contribution < -0.4 is 4.72 Å². The van der Waals surface area contributed by atoms with Gasteiger partial charge in [0.1, 0.15) is 10.7 Å². The quantitative estimate of drug-likeness (QED) is 0.808. The van der Waals surface area contributed by atoms with Crippen LogP contribution in [0.2, 0.25) is 0 Å². The molecule has 0 radical (unpaired) electrons. The molecule has 0 fully saturated rings. The van der Waals surface area contributed by atoms with E-state index in [2.05, 4.69) is 4.72 Å². The van der Waals surface area contributed by atoms with Crippen molar-refractivity contribution in [2.45, 2.75) is 18.7 Å². The van der Waals surface area contributed by atoms with Crippen molar-refractivity contribution < 1.29 is 22.7 Å². The number of rotatable bonds is 5. The first-order chi connectivity index (χ1) is 8.74. The summed E-state index contributed by atoms with van der Waals surface area (Å²) in [7, 11) is -3.99. The average Bonchev–Trinajstić information content (AvgIpc) is 2.27. The van der Waals surface area contributed by atoms with Crippen LogP contribution >= 0.6 is 0 Å². The number of aromatic carboxylic acids is 1. The molecular weight excluding hydrogens is 273 g/mol. The van der Waals surface area contributed by atoms with Gasteiger partial charge in [0.15, 0.2) is 0 Å². The lowest BCUT2D eigenvalue weighted by atomic mass is 10.2. The fourth-order valence-electron chi connectivity index (χ4n) is 1.29. The molecule has 1 rings (SSSR count). The monoisotopic (exact) mass is 287 g/mol. The number of carboxylic acids is 1. The Morgan fingerprint density at radius 2 is 2.05 bits per heavy atom. The van der Waals surface area contributed by atoms with Gasteiger partial charge in [0.25, 0.3) is 0 Å². The highest BCUT2D eigenvalue weighted by Gasteiger charge is 2.19. The van der Waals surface area contributed by atoms with E-state index >= 15 is 0 Å². The number of allylic oxidation sites excluding steroid dienone is 1. The Morgan fingerprint density at radius 3 is 2.53 bits per heavy atom. The molecule has 19 heavy (non-hydrogen) atoms. The lowest BCUT2D eigenvalue weighted by Crippen LogP contribution is -2.25. The fraction of sp³-hybridized carbons (Fsp3) is 0.250. The molecule has 0 aliphatic heterocycles. The number of sulfonamides is 1. The molecule has 1 aromatic rings. The molecule has 0 bridgehead atoms. The Morgan fingerprint density at radius 1 is 1.42 bits per heavy atom. The van der Waals surface area contributed by atoms with Gasteiger partial charge in [-0.05, 0) is 32.0 Å². The van der Waals surface area contributed by atoms with Crippen LogP contribution in [0.3, 0.4) is 0 Å². The molecule has 0 aliphatic carbocycles. The third-order valence-corrected chi connectivity index (χ3v) is 3.71. The van der Waals surface area contributed by atoms with Crippen LogP contribution in [0.5, 0.6) is 0 Å². The summed E-state index contributed by atoms with van der Waals surface area (Å²) in [5, 5.41) is 8.67. The molecule has 0 saturated carbocycles. The van der Waals surface area contributed by atoms with Gasteiger partial charge >= 0.3 is 5.97 Å². The van der Waals surface area contributed by atoms with E-state index in [1.165, 1.54) is 0 Å². The summed E-state index contributed by atoms with van der Waals surface area (Å²) in [5.74, 6) is -2.41. The normalized spacial score (nSPS) is 11.1. The van der Waals surface area contributed by atoms with Crippen molar-refractivity contribution in [1.29, 1.82) is 0 Å². The van der Waals surface area contributed by atoms with Crippen molar-refractivity contribution in [2.24, 2.45) is 0 Å². The Bertz CT molecular complexity index is 619. The summed E-state index contributed by atoms with van der Waals surface area (Å²) in [4.78, 5) is 10.1. The Hall–Kier alpha value is -1.73. The summed E-state index contributed by atoms with van der Waals surface area (Å²) in [6.45, 7) is 3.65. The minimum atomic E-state index is -3.99. The molecule has 0 spiro atoms. The fourth-order valence-corrected chi connectivity index (χ4v) is 2.31. The topological polar surface area (TPSA) is 83.5 Å². The number of carbonyl (C=O) groups is 1. The van der Waals surface area contributed by atoms with Crippen LogP contribution in [0.1, 0.15) is 24.2 Å². The van der Waals surface area contributed by atoms with Crippen LogP contribution in [0.25, 0.3) is 0 Å². The van der Waals surface area contributed by atoms with Gasteiger partial charge in [0, 0.05) is 6.54 Å². The standard InChI is InChI=1S/C12H14FNO4S/c1-8(2)5-6-14-19(17,18)11-4-3-9(12(15)16)7-10(11)13/h3-5,7,14H,6H2,1-2H3,(H,15,16). The molecule has 104 valence electrons. The molecule has 1 aromatic carbocycles. The second-order valence-electron chi connectivity index (χ2n) is 4.08. The van der Waals surface area contributed by atoms with Crippen LogP contribution in [0.4, 0.5) is 4.39 Å². The first-order valence-electron chi connectivity index (χ1n) is 5.40. The Balaban J connectivity index is 3.02. The number of carboxylic acid groups (broad SMARTS) is 1. The average molecular weight is 287 g/mol. The Labute approximate surface area is 110 Å². The number of benzene rings is 1. The van der Waals surface area contributed by atoms with E-state index in [0.717, 1.165) is 17.7 Å². The zero-order valence-electron chi connectivity index (χ0n) is 10.5. The minimum absolute atomic E-state index is 0.0464. The molecule has 7 heteroatoms. The lowest BCUT2D eigenvalue weighted by molar-refractivity contribution is 0.0696. The second kappa shape index (κ2) is 5.94. The molecule has 5 nitrogen and oxygen atoms in total. The Kier molecular flexibility index (Phi) is 4.79. The van der Waals surface area contributed by atoms with Gasteiger partial charge in [-0.2, -0.15) is 0 Å². The summed E-state index contributed by atoms with van der Waals surface area (Å²) in [5.41, 5.74) is 0.616. The predicted molar refractivity (Wildman–Crippen MR) is 68.0 cm³/mol. The first kappa shape index (κ1) is 15.3. The minimum Gasteiger partial charge on any atom is -0.478 e. The van der Waals surface area contributed by atoms with Crippen molar-refractivity contribution in [3.63, 3.8) is 0 Å². The van der Waals surface area contributed by atoms with Crippen molar-refractivity contribution >= 4 is 16.0 Å². The van der Waals surface area contributed by atoms with Crippen molar-refractivity contribution in [3.05, 3.63) is 41.2 Å². The molecule has 0 amide bonds. The van der Waals surface area contributed by atoms with Gasteiger partial charge < -0.3 is 5.11 Å². The smallest absolute Gasteiger partial charge is 0.335 e. The first-order valence-corrected chi connectivity index (χ1v) is 6.88. The van der Waals surface area contributed by atoms with Crippen LogP contribution in [-0.4, -0.2) is 26.0 Å². The predicted octanol–water partition coefficient (Wildman–Crippen LogP) is 1.77. The van der Waals surface area contributed by atoms with Crippen LogP contribution in [0.15, 0.2) is 34.7 Å². The highest BCUT2D eigenvalue weighted by atomic mass is 32.2. The molecule has 0 aliphatic rings. The third-order valence-electron chi connectivity index (χ3n) is 2.25. The summed E-state index contributed by atoms with van der Waals surface area (Å²) >= 11 is 0. The van der Waals surface area contributed by atoms with Gasteiger partial charge in [-0.15, -0.1) is 0 Å². The molecule has 0 atom stereocenters. The maximum Gasteiger partial charge on any atom is 0.335 e. The molecule has 0 aromatic heterocycles. The number of nitrogens with one attached hydrogen (secondary N) is 1. The number of halogens is 1. The SMILES string of the molecule is CC(C)=CCNS(=O)(=O)c1ccc(C(=O)O)cc1F. The highest BCUT2D eigenvalue weighted by Crippen LogP contribution is 2.16. The van der Waals surface area contributed by atoms with Gasteiger partial charge in [-0.1, -0.05) is 11.6 Å². The highest BCUT2D eigenvalue weighted by molar-refractivity contribution is 7.89. The van der Waals surface area contributed by atoms with Gasteiger partial charge in [-0.25, -0.2) is 22.3 Å². The van der Waals surface area contributed by atoms with Crippen molar-refractivity contribution in [2.75, 3.05) is 6.54 Å². The molecule has 2 N–H and O–H groups in total. The van der Waals surface area contributed by atoms with E-state index in [-0.39, 0.29) is 12.1 Å². The van der Waals surface area contributed by atoms with Crippen molar-refractivity contribution in [1.82, 2.24) is 4.72 Å². The number of hydrogen-bond acceptors (Lipinski definition) is 3. The molecule has 0 unspecified atom stereocenters. The maximum absolute atomic E-state index is 13.6. The van der Waals surface area contributed by atoms with Gasteiger partial charge in [0.2, 0.25) is 10.0 Å². The zero-order chi connectivity index (χ0) is 14.6. The van der Waals surface area contributed by atoms with Crippen LogP contribution in [0, 0.1) is 5.82 Å². The van der Waals surface area contributed by atoms with E-state index in [9.17, 15) is 17.6 Å². The third kappa shape index (κ3) is 4.15. The van der Waals surface area contributed by atoms with Gasteiger partial charge in [-0.3, -0.25) is 0 Å². The van der Waals surface area contributed by atoms with E-state index < -0.39 is 26.7 Å². The van der Waals surface area contributed by atoms with E-state index in [1.54, 1.807) is 19.9 Å². The van der Waals surface area contributed by atoms with E-state index in [1.807, 2.05) is 0 Å². The van der Waals surface area contributed by atoms with Crippen molar-refractivity contribution in [3.8, 4) is 0 Å².